The molecule has 182 valence electrons. The molecule has 0 unspecified atom stereocenters. The topological polar surface area (TPSA) is 0 Å². The first kappa shape index (κ1) is 40.0. The van der Waals surface area contributed by atoms with Crippen molar-refractivity contribution in [3.8, 4) is 0 Å². The van der Waals surface area contributed by atoms with E-state index in [-0.39, 0.29) is 98.8 Å². The summed E-state index contributed by atoms with van der Waals surface area (Å²) in [5.74, 6) is 0. The van der Waals surface area contributed by atoms with Gasteiger partial charge < -0.3 is 24.8 Å². The second-order valence-electron chi connectivity index (χ2n) is 11.1. The second kappa shape index (κ2) is 15.0. The number of hydrogen-bond acceptors (Lipinski definition) is 0. The minimum absolute atomic E-state index is 0. The molecule has 6 heteroatoms. The van der Waals surface area contributed by atoms with Crippen LogP contribution in [0.1, 0.15) is 83.1 Å². The summed E-state index contributed by atoms with van der Waals surface area (Å²) in [4.78, 5) is 0. The van der Waals surface area contributed by atoms with Crippen molar-refractivity contribution in [3.05, 3.63) is 57.2 Å². The van der Waals surface area contributed by atoms with Crippen LogP contribution in [-0.4, -0.2) is 20.6 Å². The van der Waals surface area contributed by atoms with E-state index in [1.165, 1.54) is 10.6 Å². The average molecular weight is 644 g/mol. The molecular formula is C26H36Cl2FeP2Pd. The summed E-state index contributed by atoms with van der Waals surface area (Å²) in [6, 6.07) is 0. The normalized spacial score (nSPS) is 13.6. The minimum atomic E-state index is -0.274. The molecule has 0 aromatic rings. The van der Waals surface area contributed by atoms with E-state index in [0.717, 1.165) is 0 Å². The molecule has 0 bridgehead atoms. The first-order valence-electron chi connectivity index (χ1n) is 9.84. The van der Waals surface area contributed by atoms with Gasteiger partial charge in [-0.25, -0.2) is 11.5 Å². The van der Waals surface area contributed by atoms with Crippen LogP contribution in [0.2, 0.25) is 0 Å². The van der Waals surface area contributed by atoms with Crippen molar-refractivity contribution in [1.82, 2.24) is 0 Å². The molecule has 0 heterocycles. The van der Waals surface area contributed by atoms with E-state index in [4.69, 9.17) is 0 Å². The molecule has 0 aromatic heterocycles. The van der Waals surface area contributed by atoms with Gasteiger partial charge in [-0.1, -0.05) is 98.9 Å². The van der Waals surface area contributed by atoms with E-state index in [2.05, 4.69) is 130 Å². The third-order valence-electron chi connectivity index (χ3n) is 3.98. The molecule has 0 spiro atoms. The number of halogens is 2. The first-order chi connectivity index (χ1) is 12.5. The van der Waals surface area contributed by atoms with E-state index >= 15 is 0 Å². The molecule has 0 amide bonds. The van der Waals surface area contributed by atoms with Gasteiger partial charge in [-0.3, -0.25) is 22.9 Å². The van der Waals surface area contributed by atoms with Crippen LogP contribution in [0.25, 0.3) is 0 Å². The molecule has 0 N–H and O–H groups in total. The Labute approximate surface area is 237 Å². The molecule has 0 saturated heterocycles. The summed E-state index contributed by atoms with van der Waals surface area (Å²) < 4.78 is 0. The van der Waals surface area contributed by atoms with Crippen molar-refractivity contribution < 1.29 is 62.3 Å². The molecule has 0 saturated carbocycles. The Bertz CT molecular complexity index is 781. The fourth-order valence-corrected chi connectivity index (χ4v) is 11.4. The second-order valence-corrected chi connectivity index (χ2v) is 18.7. The summed E-state index contributed by atoms with van der Waals surface area (Å²) in [5.41, 5.74) is 17.7. The number of rotatable bonds is 2. The Morgan fingerprint density at radius 3 is 0.875 bits per heavy atom. The van der Waals surface area contributed by atoms with E-state index in [9.17, 15) is 0 Å². The van der Waals surface area contributed by atoms with Crippen molar-refractivity contribution in [2.24, 2.45) is 0 Å². The number of hydrogen-bond donors (Lipinski definition) is 0. The van der Waals surface area contributed by atoms with Crippen LogP contribution in [0.5, 0.6) is 0 Å². The van der Waals surface area contributed by atoms with Crippen molar-refractivity contribution >= 4 is 15.8 Å². The quantitative estimate of drug-likeness (QED) is 0.188. The SMILES string of the molecule is CC(C)(C)P(C1=C=C=C=[C-]1)C(C)(C)C.CC(C)(C)P(C1=C=C=C=[C-]1)C(C)(C)C.[Cl-].[Cl-].[Fe+2].[Pd+2]. The van der Waals surface area contributed by atoms with Crippen LogP contribution in [0.15, 0.2) is 45.0 Å². The van der Waals surface area contributed by atoms with Gasteiger partial charge in [0, 0.05) is 0 Å². The standard InChI is InChI=1S/2C13H18P.2ClH.Fe.Pd/c2*1-12(2,3)14(13(4,5)6)11-9-7-8-10-11;;;;/h2*1-6H3;2*1H;;/q2*-1;;;2*+2/p-2. The molecule has 0 aromatic carbocycles. The Morgan fingerprint density at radius 2 is 0.750 bits per heavy atom. The van der Waals surface area contributed by atoms with E-state index < -0.39 is 0 Å². The predicted octanol–water partition coefficient (Wildman–Crippen LogP) is 2.47. The van der Waals surface area contributed by atoms with Crippen LogP contribution in [0.4, 0.5) is 0 Å². The predicted molar refractivity (Wildman–Crippen MR) is 127 cm³/mol. The van der Waals surface area contributed by atoms with E-state index in [1.54, 1.807) is 0 Å². The van der Waals surface area contributed by atoms with Gasteiger partial charge in [0.1, 0.15) is 0 Å². The van der Waals surface area contributed by atoms with Crippen molar-refractivity contribution in [2.75, 3.05) is 0 Å². The molecule has 2 rings (SSSR count). The smallest absolute Gasteiger partial charge is 1.00 e. The fourth-order valence-electron chi connectivity index (χ4n) is 4.00. The Hall–Kier alpha value is 0.782. The first-order valence-corrected chi connectivity index (χ1v) is 12.5. The van der Waals surface area contributed by atoms with Crippen LogP contribution in [0.3, 0.4) is 0 Å². The van der Waals surface area contributed by atoms with Crippen LogP contribution < -0.4 is 24.8 Å². The third-order valence-corrected chi connectivity index (χ3v) is 10.7. The van der Waals surface area contributed by atoms with Crippen molar-refractivity contribution in [3.63, 3.8) is 0 Å². The van der Waals surface area contributed by atoms with Gasteiger partial charge >= 0.3 is 37.5 Å². The van der Waals surface area contributed by atoms with Crippen molar-refractivity contribution in [1.29, 1.82) is 0 Å². The molecule has 0 atom stereocenters. The minimum Gasteiger partial charge on any atom is -1.00 e. The zero-order valence-corrected chi connectivity index (χ0v) is 27.3. The van der Waals surface area contributed by atoms with Gasteiger partial charge in [-0.15, -0.1) is 22.8 Å². The van der Waals surface area contributed by atoms with Gasteiger partial charge in [0.25, 0.3) is 0 Å². The number of allylic oxidation sites excluding steroid dienone is 4. The van der Waals surface area contributed by atoms with Gasteiger partial charge in [0.05, 0.1) is 0 Å². The maximum Gasteiger partial charge on any atom is 2.00 e. The maximum absolute atomic E-state index is 3.14. The molecule has 0 nitrogen and oxygen atoms in total. The summed E-state index contributed by atoms with van der Waals surface area (Å²) in [7, 11) is -0.549. The van der Waals surface area contributed by atoms with E-state index in [0.29, 0.717) is 0 Å². The van der Waals surface area contributed by atoms with Gasteiger partial charge in [-0.05, 0) is 20.6 Å². The summed E-state index contributed by atoms with van der Waals surface area (Å²) in [5, 5.41) is 3.51. The maximum atomic E-state index is 3.14. The third kappa shape index (κ3) is 12.5. The molecule has 2 aliphatic rings. The van der Waals surface area contributed by atoms with Gasteiger partial charge in [-0.2, -0.15) is 0 Å². The van der Waals surface area contributed by atoms with Gasteiger partial charge in [0.15, 0.2) is 0 Å². The fraction of sp³-hybridized carbons (Fsp3) is 0.615. The van der Waals surface area contributed by atoms with Crippen LogP contribution in [0, 0.1) is 12.2 Å². The largest absolute Gasteiger partial charge is 2.00 e. The molecule has 0 fully saturated rings. The zero-order valence-electron chi connectivity index (χ0n) is 21.3. The average Bonchev–Trinajstić information content (AvgIpc) is 3.06. The van der Waals surface area contributed by atoms with Crippen LogP contribution in [-0.2, 0) is 37.5 Å². The van der Waals surface area contributed by atoms with E-state index in [1.807, 2.05) is 0 Å². The summed E-state index contributed by atoms with van der Waals surface area (Å²) >= 11 is 0. The summed E-state index contributed by atoms with van der Waals surface area (Å²) in [6.45, 7) is 27.5. The summed E-state index contributed by atoms with van der Waals surface area (Å²) in [6.07, 6.45) is 6.29. The van der Waals surface area contributed by atoms with Crippen LogP contribution >= 0.6 is 15.8 Å². The molecule has 2 aliphatic carbocycles. The zero-order chi connectivity index (χ0) is 22.0. The molecular weight excluding hydrogens is 607 g/mol. The Morgan fingerprint density at radius 1 is 0.531 bits per heavy atom. The Balaban J connectivity index is -0.000000218. The monoisotopic (exact) mass is 642 g/mol. The molecule has 0 aliphatic heterocycles. The van der Waals surface area contributed by atoms with Crippen molar-refractivity contribution in [2.45, 2.75) is 104 Å². The molecule has 0 radical (unpaired) electrons. The Kier molecular flexibility index (Phi) is 18.8. The molecule has 32 heavy (non-hydrogen) atoms. The van der Waals surface area contributed by atoms with Gasteiger partial charge in [0.2, 0.25) is 0 Å².